The number of halogens is 1. The number of rotatable bonds is 4. The first-order valence-corrected chi connectivity index (χ1v) is 3.64. The van der Waals surface area contributed by atoms with Crippen LogP contribution in [0.4, 0.5) is 4.79 Å². The van der Waals surface area contributed by atoms with Gasteiger partial charge >= 0.3 is 6.09 Å². The van der Waals surface area contributed by atoms with Crippen LogP contribution in [0.25, 0.3) is 0 Å². The fourth-order valence-corrected chi connectivity index (χ4v) is 0.930. The summed E-state index contributed by atoms with van der Waals surface area (Å²) in [4.78, 5) is 22.0. The van der Waals surface area contributed by atoms with E-state index in [0.29, 0.717) is 0 Å². The summed E-state index contributed by atoms with van der Waals surface area (Å²) in [6, 6.07) is -0.832. The largest absolute Gasteiger partial charge is 0.465 e. The van der Waals surface area contributed by atoms with Gasteiger partial charge in [0.1, 0.15) is 6.04 Å². The molecule has 0 aromatic rings. The van der Waals surface area contributed by atoms with Gasteiger partial charge in [0.15, 0.2) is 0 Å². The molecule has 0 aromatic heterocycles. The van der Waals surface area contributed by atoms with E-state index in [4.69, 9.17) is 16.7 Å². The van der Waals surface area contributed by atoms with Crippen molar-refractivity contribution in [2.45, 2.75) is 12.5 Å². The Bertz CT molecular complexity index is 205. The zero-order valence-electron chi connectivity index (χ0n) is 6.66. The summed E-state index contributed by atoms with van der Waals surface area (Å²) >= 11 is 5.17. The molecule has 12 heavy (non-hydrogen) atoms. The van der Waals surface area contributed by atoms with E-state index >= 15 is 0 Å². The van der Waals surface area contributed by atoms with Gasteiger partial charge in [0.2, 0.25) is 5.24 Å². The molecule has 0 aliphatic carbocycles. The van der Waals surface area contributed by atoms with Crippen molar-refractivity contribution in [2.75, 3.05) is 7.05 Å². The standard InChI is InChI=1S/C7H10ClNO3/c1-3-4-5(6(8)10)9(2)7(11)12/h3,5H,1,4H2,2H3,(H,11,12)/t5-/m0/s1. The molecule has 0 unspecified atom stereocenters. The van der Waals surface area contributed by atoms with E-state index in [0.717, 1.165) is 4.90 Å². The third kappa shape index (κ3) is 2.92. The van der Waals surface area contributed by atoms with E-state index in [1.165, 1.54) is 13.1 Å². The molecule has 0 fully saturated rings. The van der Waals surface area contributed by atoms with Crippen LogP contribution in [0.3, 0.4) is 0 Å². The molecular weight excluding hydrogens is 182 g/mol. The Hall–Kier alpha value is -1.03. The second-order valence-electron chi connectivity index (χ2n) is 2.24. The first kappa shape index (κ1) is 11.0. The molecular formula is C7H10ClNO3. The summed E-state index contributed by atoms with van der Waals surface area (Å²) in [5.41, 5.74) is 0. The predicted molar refractivity (Wildman–Crippen MR) is 45.2 cm³/mol. The first-order chi connectivity index (χ1) is 5.50. The molecule has 1 amide bonds. The van der Waals surface area contributed by atoms with E-state index in [1.54, 1.807) is 0 Å². The van der Waals surface area contributed by atoms with Crippen molar-refractivity contribution >= 4 is 22.9 Å². The van der Waals surface area contributed by atoms with Crippen LogP contribution in [0.5, 0.6) is 0 Å². The summed E-state index contributed by atoms with van der Waals surface area (Å²) in [6.45, 7) is 3.39. The van der Waals surface area contributed by atoms with Crippen LogP contribution in [0.15, 0.2) is 12.7 Å². The van der Waals surface area contributed by atoms with Crippen molar-refractivity contribution in [1.82, 2.24) is 4.90 Å². The number of carbonyl (C=O) groups is 2. The number of carbonyl (C=O) groups excluding carboxylic acids is 1. The lowest BCUT2D eigenvalue weighted by molar-refractivity contribution is -0.115. The second kappa shape index (κ2) is 4.77. The lowest BCUT2D eigenvalue weighted by Crippen LogP contribution is -2.39. The quantitative estimate of drug-likeness (QED) is 0.539. The molecule has 0 aromatic carbocycles. The molecule has 0 bridgehead atoms. The minimum absolute atomic E-state index is 0.227. The average Bonchev–Trinajstić information content (AvgIpc) is 1.98. The topological polar surface area (TPSA) is 57.6 Å². The molecule has 0 radical (unpaired) electrons. The zero-order chi connectivity index (χ0) is 9.72. The van der Waals surface area contributed by atoms with Crippen molar-refractivity contribution in [1.29, 1.82) is 0 Å². The van der Waals surface area contributed by atoms with Crippen LogP contribution < -0.4 is 0 Å². The van der Waals surface area contributed by atoms with Crippen LogP contribution in [-0.2, 0) is 4.79 Å². The normalized spacial score (nSPS) is 11.8. The van der Waals surface area contributed by atoms with Crippen molar-refractivity contribution < 1.29 is 14.7 Å². The minimum Gasteiger partial charge on any atom is -0.465 e. The lowest BCUT2D eigenvalue weighted by atomic mass is 10.2. The van der Waals surface area contributed by atoms with Gasteiger partial charge < -0.3 is 5.11 Å². The second-order valence-corrected chi connectivity index (χ2v) is 2.61. The Morgan fingerprint density at radius 3 is 2.50 bits per heavy atom. The van der Waals surface area contributed by atoms with Gasteiger partial charge in [0, 0.05) is 7.05 Å². The van der Waals surface area contributed by atoms with E-state index in [1.807, 2.05) is 0 Å². The molecule has 0 saturated heterocycles. The Labute approximate surface area is 75.4 Å². The SMILES string of the molecule is C=CC[C@@H](C(=O)Cl)N(C)C(=O)O. The molecule has 1 atom stereocenters. The average molecular weight is 192 g/mol. The van der Waals surface area contributed by atoms with Crippen LogP contribution in [0.1, 0.15) is 6.42 Å². The summed E-state index contributed by atoms with van der Waals surface area (Å²) in [5, 5.41) is 7.81. The summed E-state index contributed by atoms with van der Waals surface area (Å²) < 4.78 is 0. The summed E-state index contributed by atoms with van der Waals surface area (Å²) in [6.07, 6.45) is 0.492. The van der Waals surface area contributed by atoms with Gasteiger partial charge in [-0.05, 0) is 18.0 Å². The smallest absolute Gasteiger partial charge is 0.407 e. The zero-order valence-corrected chi connectivity index (χ0v) is 7.41. The molecule has 0 aliphatic rings. The number of amides is 1. The fraction of sp³-hybridized carbons (Fsp3) is 0.429. The molecule has 4 nitrogen and oxygen atoms in total. The highest BCUT2D eigenvalue weighted by atomic mass is 35.5. The van der Waals surface area contributed by atoms with Crippen molar-refractivity contribution in [3.8, 4) is 0 Å². The molecule has 0 aliphatic heterocycles. The van der Waals surface area contributed by atoms with Gasteiger partial charge in [-0.15, -0.1) is 6.58 Å². The van der Waals surface area contributed by atoms with E-state index in [9.17, 15) is 9.59 Å². The molecule has 5 heteroatoms. The van der Waals surface area contributed by atoms with Crippen molar-refractivity contribution in [3.05, 3.63) is 12.7 Å². The molecule has 0 heterocycles. The maximum atomic E-state index is 10.7. The monoisotopic (exact) mass is 191 g/mol. The molecule has 0 spiro atoms. The Balaban J connectivity index is 4.38. The maximum Gasteiger partial charge on any atom is 0.407 e. The van der Waals surface area contributed by atoms with E-state index < -0.39 is 17.4 Å². The number of hydrogen-bond donors (Lipinski definition) is 1. The number of likely N-dealkylation sites (N-methyl/N-ethyl adjacent to an activating group) is 1. The number of carboxylic acid groups (broad SMARTS) is 1. The summed E-state index contributed by atoms with van der Waals surface area (Å²) in [7, 11) is 1.29. The van der Waals surface area contributed by atoms with Crippen molar-refractivity contribution in [2.24, 2.45) is 0 Å². The Morgan fingerprint density at radius 1 is 1.75 bits per heavy atom. The maximum absolute atomic E-state index is 10.7. The Kier molecular flexibility index (Phi) is 4.36. The lowest BCUT2D eigenvalue weighted by Gasteiger charge is -2.20. The first-order valence-electron chi connectivity index (χ1n) is 3.26. The predicted octanol–water partition coefficient (Wildman–Crippen LogP) is 1.31. The van der Waals surface area contributed by atoms with Crippen LogP contribution in [0.2, 0.25) is 0 Å². The highest BCUT2D eigenvalue weighted by Gasteiger charge is 2.23. The molecule has 0 saturated carbocycles. The highest BCUT2D eigenvalue weighted by Crippen LogP contribution is 2.06. The van der Waals surface area contributed by atoms with Crippen LogP contribution in [0, 0.1) is 0 Å². The van der Waals surface area contributed by atoms with Gasteiger partial charge in [0.25, 0.3) is 0 Å². The van der Waals surface area contributed by atoms with Crippen LogP contribution >= 0.6 is 11.6 Å². The molecule has 68 valence electrons. The third-order valence-electron chi connectivity index (χ3n) is 1.42. The molecule has 0 rings (SSSR count). The van der Waals surface area contributed by atoms with Gasteiger partial charge in [-0.1, -0.05) is 6.08 Å². The Morgan fingerprint density at radius 2 is 2.25 bits per heavy atom. The summed E-state index contributed by atoms with van der Waals surface area (Å²) in [5.74, 6) is 0. The van der Waals surface area contributed by atoms with E-state index in [-0.39, 0.29) is 6.42 Å². The third-order valence-corrected chi connectivity index (χ3v) is 1.67. The number of hydrogen-bond acceptors (Lipinski definition) is 2. The van der Waals surface area contributed by atoms with Crippen LogP contribution in [-0.4, -0.2) is 34.4 Å². The van der Waals surface area contributed by atoms with Gasteiger partial charge in [-0.3, -0.25) is 9.69 Å². The van der Waals surface area contributed by atoms with Crippen molar-refractivity contribution in [3.63, 3.8) is 0 Å². The van der Waals surface area contributed by atoms with Gasteiger partial charge in [-0.25, -0.2) is 4.79 Å². The number of nitrogens with zero attached hydrogens (tertiary/aromatic N) is 1. The van der Waals surface area contributed by atoms with Gasteiger partial charge in [0.05, 0.1) is 0 Å². The minimum atomic E-state index is -1.18. The highest BCUT2D eigenvalue weighted by molar-refractivity contribution is 6.64. The molecule has 1 N–H and O–H groups in total. The van der Waals surface area contributed by atoms with E-state index in [2.05, 4.69) is 6.58 Å². The van der Waals surface area contributed by atoms with Gasteiger partial charge in [-0.2, -0.15) is 0 Å². The fourth-order valence-electron chi connectivity index (χ4n) is 0.694.